The number of amides is 3. The van der Waals surface area contributed by atoms with Crippen molar-refractivity contribution in [1.82, 2.24) is 5.32 Å². The number of nitrogens with one attached hydrogen (secondary N) is 1. The van der Waals surface area contributed by atoms with Crippen LogP contribution in [-0.4, -0.2) is 40.0 Å². The Labute approximate surface area is 162 Å². The van der Waals surface area contributed by atoms with Crippen LogP contribution in [0.1, 0.15) is 15.9 Å². The molecule has 0 saturated heterocycles. The predicted molar refractivity (Wildman–Crippen MR) is 101 cm³/mol. The Kier molecular flexibility index (Phi) is 6.37. The quantitative estimate of drug-likeness (QED) is 0.693. The third kappa shape index (κ3) is 5.07. The number of nitrogens with two attached hydrogens (primary N) is 1. The molecule has 0 unspecified atom stereocenters. The van der Waals surface area contributed by atoms with Gasteiger partial charge in [-0.1, -0.05) is 17.7 Å². The summed E-state index contributed by atoms with van der Waals surface area (Å²) < 4.78 is 31.2. The SMILES string of the molecule is Cc1ccc(S(=O)(=O)N(C)c2ccc(C(=O)OCC(=O)NC(N)=O)cc2)cc1. The number of hydrogen-bond acceptors (Lipinski definition) is 6. The highest BCUT2D eigenvalue weighted by atomic mass is 32.2. The van der Waals surface area contributed by atoms with Crippen molar-refractivity contribution >= 4 is 33.6 Å². The van der Waals surface area contributed by atoms with Gasteiger partial charge in [-0.3, -0.25) is 14.4 Å². The first kappa shape index (κ1) is 20.9. The molecule has 9 nitrogen and oxygen atoms in total. The van der Waals surface area contributed by atoms with Crippen LogP contribution < -0.4 is 15.4 Å². The maximum absolute atomic E-state index is 12.7. The van der Waals surface area contributed by atoms with E-state index in [1.807, 2.05) is 6.92 Å². The minimum absolute atomic E-state index is 0.108. The van der Waals surface area contributed by atoms with E-state index >= 15 is 0 Å². The van der Waals surface area contributed by atoms with Gasteiger partial charge in [0.1, 0.15) is 0 Å². The predicted octanol–water partition coefficient (Wildman–Crippen LogP) is 1.17. The Morgan fingerprint density at radius 2 is 1.61 bits per heavy atom. The molecule has 0 aliphatic heterocycles. The summed E-state index contributed by atoms with van der Waals surface area (Å²) in [7, 11) is -2.35. The van der Waals surface area contributed by atoms with Crippen molar-refractivity contribution in [3.8, 4) is 0 Å². The monoisotopic (exact) mass is 405 g/mol. The number of carbonyl (C=O) groups is 3. The Morgan fingerprint density at radius 1 is 1.04 bits per heavy atom. The highest BCUT2D eigenvalue weighted by Crippen LogP contribution is 2.22. The fraction of sp³-hybridized carbons (Fsp3) is 0.167. The van der Waals surface area contributed by atoms with Crippen molar-refractivity contribution in [2.75, 3.05) is 18.0 Å². The molecule has 0 spiro atoms. The Bertz CT molecular complexity index is 985. The fourth-order valence-electron chi connectivity index (χ4n) is 2.20. The maximum atomic E-state index is 12.7. The van der Waals surface area contributed by atoms with Crippen LogP contribution >= 0.6 is 0 Å². The Morgan fingerprint density at radius 3 is 2.14 bits per heavy atom. The third-order valence-corrected chi connectivity index (χ3v) is 5.54. The number of nitrogens with zero attached hydrogens (tertiary/aromatic N) is 1. The first-order valence-corrected chi connectivity index (χ1v) is 9.47. The number of esters is 1. The van der Waals surface area contributed by atoms with Gasteiger partial charge in [0.25, 0.3) is 15.9 Å². The molecule has 2 aromatic carbocycles. The number of primary amides is 1. The lowest BCUT2D eigenvalue weighted by atomic mass is 10.2. The molecule has 0 atom stereocenters. The van der Waals surface area contributed by atoms with Crippen molar-refractivity contribution in [1.29, 1.82) is 0 Å². The Hall–Kier alpha value is -3.40. The molecule has 0 aliphatic carbocycles. The van der Waals surface area contributed by atoms with E-state index in [9.17, 15) is 22.8 Å². The summed E-state index contributed by atoms with van der Waals surface area (Å²) in [6.07, 6.45) is 0. The minimum atomic E-state index is -3.75. The molecule has 0 bridgehead atoms. The second kappa shape index (κ2) is 8.53. The molecular weight excluding hydrogens is 386 g/mol. The van der Waals surface area contributed by atoms with Gasteiger partial charge in [0.2, 0.25) is 0 Å². The lowest BCUT2D eigenvalue weighted by molar-refractivity contribution is -0.123. The molecule has 0 radical (unpaired) electrons. The molecule has 2 rings (SSSR count). The van der Waals surface area contributed by atoms with Gasteiger partial charge in [-0.25, -0.2) is 18.0 Å². The van der Waals surface area contributed by atoms with Gasteiger partial charge in [0.05, 0.1) is 16.1 Å². The molecule has 0 heterocycles. The second-order valence-electron chi connectivity index (χ2n) is 5.82. The topological polar surface area (TPSA) is 136 Å². The van der Waals surface area contributed by atoms with Crippen LogP contribution in [0.4, 0.5) is 10.5 Å². The van der Waals surface area contributed by atoms with E-state index in [0.717, 1.165) is 9.87 Å². The van der Waals surface area contributed by atoms with E-state index in [2.05, 4.69) is 0 Å². The van der Waals surface area contributed by atoms with Crippen LogP contribution in [0.3, 0.4) is 0 Å². The summed E-state index contributed by atoms with van der Waals surface area (Å²) in [5.74, 6) is -1.67. The van der Waals surface area contributed by atoms with Crippen LogP contribution in [0.5, 0.6) is 0 Å². The average Bonchev–Trinajstić information content (AvgIpc) is 2.65. The van der Waals surface area contributed by atoms with Gasteiger partial charge in [0.15, 0.2) is 6.61 Å². The molecule has 28 heavy (non-hydrogen) atoms. The number of urea groups is 1. The first-order chi connectivity index (χ1) is 13.1. The van der Waals surface area contributed by atoms with Gasteiger partial charge in [-0.05, 0) is 43.3 Å². The van der Waals surface area contributed by atoms with Gasteiger partial charge in [-0.15, -0.1) is 0 Å². The van der Waals surface area contributed by atoms with E-state index in [1.54, 1.807) is 17.4 Å². The number of anilines is 1. The van der Waals surface area contributed by atoms with E-state index in [1.165, 1.54) is 43.4 Å². The van der Waals surface area contributed by atoms with Gasteiger partial charge in [-0.2, -0.15) is 0 Å². The number of sulfonamides is 1. The number of rotatable bonds is 6. The number of ether oxygens (including phenoxy) is 1. The lowest BCUT2D eigenvalue weighted by Gasteiger charge is -2.19. The van der Waals surface area contributed by atoms with Crippen molar-refractivity contribution < 1.29 is 27.5 Å². The maximum Gasteiger partial charge on any atom is 0.338 e. The molecule has 0 aromatic heterocycles. The molecule has 0 saturated carbocycles. The second-order valence-corrected chi connectivity index (χ2v) is 7.79. The number of carbonyl (C=O) groups excluding carboxylic acids is 3. The summed E-state index contributed by atoms with van der Waals surface area (Å²) >= 11 is 0. The largest absolute Gasteiger partial charge is 0.452 e. The number of benzene rings is 2. The highest BCUT2D eigenvalue weighted by Gasteiger charge is 2.21. The van der Waals surface area contributed by atoms with E-state index in [-0.39, 0.29) is 10.5 Å². The molecule has 3 N–H and O–H groups in total. The first-order valence-electron chi connectivity index (χ1n) is 8.03. The zero-order chi connectivity index (χ0) is 20.9. The van der Waals surface area contributed by atoms with Crippen LogP contribution in [0.2, 0.25) is 0 Å². The van der Waals surface area contributed by atoms with Crippen LogP contribution in [-0.2, 0) is 19.6 Å². The summed E-state index contributed by atoms with van der Waals surface area (Å²) in [4.78, 5) is 33.8. The minimum Gasteiger partial charge on any atom is -0.452 e. The molecular formula is C18H19N3O6S. The standard InChI is InChI=1S/C18H19N3O6S/c1-12-3-9-15(10-4-12)28(25,26)21(2)14-7-5-13(6-8-14)17(23)27-11-16(22)20-18(19)24/h3-10H,11H2,1-2H3,(H3,19,20,22,24). The van der Waals surface area contributed by atoms with Gasteiger partial charge < -0.3 is 10.5 Å². The molecule has 148 valence electrons. The number of imide groups is 1. The smallest absolute Gasteiger partial charge is 0.338 e. The summed E-state index contributed by atoms with van der Waals surface area (Å²) in [5, 5.41) is 1.76. The zero-order valence-electron chi connectivity index (χ0n) is 15.2. The van der Waals surface area contributed by atoms with E-state index in [0.29, 0.717) is 5.69 Å². The van der Waals surface area contributed by atoms with Crippen LogP contribution in [0.25, 0.3) is 0 Å². The normalized spacial score (nSPS) is 10.8. The molecule has 0 aliphatic rings. The van der Waals surface area contributed by atoms with Crippen molar-refractivity contribution in [2.45, 2.75) is 11.8 Å². The number of aryl methyl sites for hydroxylation is 1. The fourth-order valence-corrected chi connectivity index (χ4v) is 3.40. The summed E-state index contributed by atoms with van der Waals surface area (Å²) in [6, 6.07) is 11.0. The van der Waals surface area contributed by atoms with Gasteiger partial charge >= 0.3 is 12.0 Å². The van der Waals surface area contributed by atoms with Crippen LogP contribution in [0.15, 0.2) is 53.4 Å². The molecule has 2 aromatic rings. The molecule has 10 heteroatoms. The molecule has 0 fully saturated rings. The van der Waals surface area contributed by atoms with Crippen molar-refractivity contribution in [3.63, 3.8) is 0 Å². The zero-order valence-corrected chi connectivity index (χ0v) is 16.0. The Balaban J connectivity index is 2.08. The van der Waals surface area contributed by atoms with Crippen molar-refractivity contribution in [2.24, 2.45) is 5.73 Å². The van der Waals surface area contributed by atoms with Gasteiger partial charge in [0, 0.05) is 7.05 Å². The average molecular weight is 405 g/mol. The van der Waals surface area contributed by atoms with Crippen LogP contribution in [0, 0.1) is 6.92 Å². The van der Waals surface area contributed by atoms with E-state index < -0.39 is 34.5 Å². The lowest BCUT2D eigenvalue weighted by Crippen LogP contribution is -2.37. The van der Waals surface area contributed by atoms with E-state index in [4.69, 9.17) is 10.5 Å². The van der Waals surface area contributed by atoms with Crippen molar-refractivity contribution in [3.05, 3.63) is 59.7 Å². The summed E-state index contributed by atoms with van der Waals surface area (Å²) in [5.41, 5.74) is 6.16. The molecule has 3 amide bonds. The third-order valence-electron chi connectivity index (χ3n) is 3.74. The summed E-state index contributed by atoms with van der Waals surface area (Å²) in [6.45, 7) is 1.18. The number of hydrogen-bond donors (Lipinski definition) is 2. The highest BCUT2D eigenvalue weighted by molar-refractivity contribution is 7.92.